The van der Waals surface area contributed by atoms with Gasteiger partial charge in [0.2, 0.25) is 11.8 Å². The first-order chi connectivity index (χ1) is 10.1. The molecule has 1 aliphatic heterocycles. The van der Waals surface area contributed by atoms with Crippen LogP contribution in [0.5, 0.6) is 0 Å². The number of nitrogens with one attached hydrogen (secondary N) is 3. The van der Waals surface area contributed by atoms with Crippen molar-refractivity contribution in [1.29, 1.82) is 0 Å². The Balaban J connectivity index is 2.03. The second kappa shape index (κ2) is 6.85. The van der Waals surface area contributed by atoms with Crippen molar-refractivity contribution < 1.29 is 19.5 Å². The lowest BCUT2D eigenvalue weighted by Crippen LogP contribution is -2.58. The topological polar surface area (TPSA) is 108 Å². The van der Waals surface area contributed by atoms with Gasteiger partial charge in [-0.1, -0.05) is 30.3 Å². The third-order valence-corrected chi connectivity index (χ3v) is 3.23. The van der Waals surface area contributed by atoms with Gasteiger partial charge in [0.15, 0.2) is 0 Å². The molecule has 0 bridgehead atoms. The molecule has 2 unspecified atom stereocenters. The van der Waals surface area contributed by atoms with Gasteiger partial charge in [0.25, 0.3) is 0 Å². The third-order valence-electron chi connectivity index (χ3n) is 3.23. The zero-order valence-electron chi connectivity index (χ0n) is 11.3. The van der Waals surface area contributed by atoms with Crippen molar-refractivity contribution in [1.82, 2.24) is 16.0 Å². The van der Waals surface area contributed by atoms with E-state index in [1.807, 2.05) is 6.07 Å². The van der Waals surface area contributed by atoms with Crippen LogP contribution >= 0.6 is 0 Å². The van der Waals surface area contributed by atoms with Crippen LogP contribution in [0.1, 0.15) is 18.0 Å². The van der Waals surface area contributed by atoms with Crippen molar-refractivity contribution in [3.63, 3.8) is 0 Å². The van der Waals surface area contributed by atoms with E-state index < -0.39 is 18.1 Å². The van der Waals surface area contributed by atoms with Crippen molar-refractivity contribution in [2.45, 2.75) is 18.5 Å². The van der Waals surface area contributed by atoms with Crippen molar-refractivity contribution in [2.75, 3.05) is 13.1 Å². The first kappa shape index (κ1) is 15.0. The second-order valence-electron chi connectivity index (χ2n) is 4.81. The molecule has 0 aliphatic carbocycles. The fourth-order valence-electron chi connectivity index (χ4n) is 2.14. The van der Waals surface area contributed by atoms with Gasteiger partial charge in [-0.05, 0) is 5.56 Å². The van der Waals surface area contributed by atoms with Gasteiger partial charge in [-0.25, -0.2) is 0 Å². The van der Waals surface area contributed by atoms with E-state index in [1.54, 1.807) is 24.3 Å². The highest BCUT2D eigenvalue weighted by molar-refractivity contribution is 5.87. The Morgan fingerprint density at radius 2 is 2.05 bits per heavy atom. The first-order valence-corrected chi connectivity index (χ1v) is 6.63. The summed E-state index contributed by atoms with van der Waals surface area (Å²) >= 11 is 0. The number of hydrogen-bond acceptors (Lipinski definition) is 4. The minimum Gasteiger partial charge on any atom is -0.481 e. The lowest BCUT2D eigenvalue weighted by atomic mass is 10.0. The van der Waals surface area contributed by atoms with Gasteiger partial charge in [0.05, 0.1) is 19.0 Å². The molecule has 2 atom stereocenters. The molecule has 1 heterocycles. The zero-order chi connectivity index (χ0) is 15.2. The highest BCUT2D eigenvalue weighted by atomic mass is 16.4. The van der Waals surface area contributed by atoms with Crippen LogP contribution < -0.4 is 16.0 Å². The molecule has 0 saturated carbocycles. The predicted molar refractivity (Wildman–Crippen MR) is 74.4 cm³/mol. The molecular formula is C14H17N3O4. The molecule has 4 N–H and O–H groups in total. The molecule has 7 heteroatoms. The summed E-state index contributed by atoms with van der Waals surface area (Å²) in [5, 5.41) is 17.1. The summed E-state index contributed by atoms with van der Waals surface area (Å²) in [6, 6.07) is 7.78. The largest absolute Gasteiger partial charge is 0.481 e. The molecule has 2 rings (SSSR count). The van der Waals surface area contributed by atoms with Crippen molar-refractivity contribution in [2.24, 2.45) is 0 Å². The van der Waals surface area contributed by atoms with Gasteiger partial charge in [-0.3, -0.25) is 19.7 Å². The van der Waals surface area contributed by atoms with E-state index in [9.17, 15) is 14.4 Å². The number of carboxylic acid groups (broad SMARTS) is 1. The van der Waals surface area contributed by atoms with Gasteiger partial charge >= 0.3 is 5.97 Å². The lowest BCUT2D eigenvalue weighted by Gasteiger charge is -2.26. The number of rotatable bonds is 5. The van der Waals surface area contributed by atoms with E-state index in [4.69, 9.17) is 5.11 Å². The smallest absolute Gasteiger partial charge is 0.305 e. The SMILES string of the molecule is O=C(O)CC(NC(=O)C1CNC(=O)CN1)c1ccccc1. The molecule has 7 nitrogen and oxygen atoms in total. The number of piperazine rings is 1. The van der Waals surface area contributed by atoms with Crippen LogP contribution in [0, 0.1) is 0 Å². The molecule has 2 amide bonds. The maximum Gasteiger partial charge on any atom is 0.305 e. The maximum absolute atomic E-state index is 12.2. The highest BCUT2D eigenvalue weighted by Crippen LogP contribution is 2.16. The number of carboxylic acids is 1. The summed E-state index contributed by atoms with van der Waals surface area (Å²) in [7, 11) is 0. The molecule has 1 aromatic rings. The van der Waals surface area contributed by atoms with E-state index in [-0.39, 0.29) is 31.3 Å². The third kappa shape index (κ3) is 4.28. The standard InChI is InChI=1S/C14H17N3O4/c18-12-8-15-11(7-16-12)14(21)17-10(6-13(19)20)9-4-2-1-3-5-9/h1-5,10-11,15H,6-8H2,(H,16,18)(H,17,21)(H,19,20). The Morgan fingerprint density at radius 1 is 1.33 bits per heavy atom. The lowest BCUT2D eigenvalue weighted by molar-refractivity contribution is -0.137. The van der Waals surface area contributed by atoms with Gasteiger partial charge in [-0.15, -0.1) is 0 Å². The number of benzene rings is 1. The van der Waals surface area contributed by atoms with Crippen LogP contribution in [0.3, 0.4) is 0 Å². The molecular weight excluding hydrogens is 274 g/mol. The summed E-state index contributed by atoms with van der Waals surface area (Å²) in [5.41, 5.74) is 0.730. The Labute approximate surface area is 121 Å². The Bertz CT molecular complexity index is 522. The summed E-state index contributed by atoms with van der Waals surface area (Å²) in [6.07, 6.45) is -0.200. The summed E-state index contributed by atoms with van der Waals surface area (Å²) < 4.78 is 0. The highest BCUT2D eigenvalue weighted by Gasteiger charge is 2.26. The number of carbonyl (C=O) groups excluding carboxylic acids is 2. The van der Waals surface area contributed by atoms with E-state index in [1.165, 1.54) is 0 Å². The van der Waals surface area contributed by atoms with E-state index in [0.717, 1.165) is 5.56 Å². The Kier molecular flexibility index (Phi) is 4.89. The number of carbonyl (C=O) groups is 3. The van der Waals surface area contributed by atoms with Crippen LogP contribution in [-0.2, 0) is 14.4 Å². The van der Waals surface area contributed by atoms with E-state index >= 15 is 0 Å². The minimum atomic E-state index is -0.992. The Hall–Kier alpha value is -2.41. The van der Waals surface area contributed by atoms with Gasteiger partial charge in [-0.2, -0.15) is 0 Å². The predicted octanol–water partition coefficient (Wildman–Crippen LogP) is -0.593. The van der Waals surface area contributed by atoms with Crippen molar-refractivity contribution >= 4 is 17.8 Å². The van der Waals surface area contributed by atoms with Crippen LogP contribution in [0.4, 0.5) is 0 Å². The minimum absolute atomic E-state index is 0.0764. The molecule has 0 radical (unpaired) electrons. The fraction of sp³-hybridized carbons (Fsp3) is 0.357. The molecule has 1 aromatic carbocycles. The Morgan fingerprint density at radius 3 is 2.62 bits per heavy atom. The van der Waals surface area contributed by atoms with E-state index in [0.29, 0.717) is 0 Å². The van der Waals surface area contributed by atoms with Crippen LogP contribution in [0.25, 0.3) is 0 Å². The number of amides is 2. The van der Waals surface area contributed by atoms with Gasteiger partial charge < -0.3 is 15.7 Å². The molecule has 1 fully saturated rings. The van der Waals surface area contributed by atoms with Crippen molar-refractivity contribution in [3.8, 4) is 0 Å². The first-order valence-electron chi connectivity index (χ1n) is 6.63. The van der Waals surface area contributed by atoms with Crippen LogP contribution in [-0.4, -0.2) is 42.0 Å². The second-order valence-corrected chi connectivity index (χ2v) is 4.81. The summed E-state index contributed by atoms with van der Waals surface area (Å²) in [6.45, 7) is 0.270. The van der Waals surface area contributed by atoms with Gasteiger partial charge in [0.1, 0.15) is 6.04 Å². The molecule has 0 aromatic heterocycles. The normalized spacial score (nSPS) is 19.4. The maximum atomic E-state index is 12.2. The summed E-state index contributed by atoms with van der Waals surface area (Å²) in [5.74, 6) is -1.48. The van der Waals surface area contributed by atoms with Gasteiger partial charge in [0, 0.05) is 6.54 Å². The molecule has 1 saturated heterocycles. The summed E-state index contributed by atoms with van der Waals surface area (Å²) in [4.78, 5) is 34.1. The molecule has 21 heavy (non-hydrogen) atoms. The number of hydrogen-bond donors (Lipinski definition) is 4. The monoisotopic (exact) mass is 291 g/mol. The van der Waals surface area contributed by atoms with Crippen LogP contribution in [0.2, 0.25) is 0 Å². The molecule has 112 valence electrons. The average Bonchev–Trinajstić information content (AvgIpc) is 2.47. The average molecular weight is 291 g/mol. The molecule has 1 aliphatic rings. The van der Waals surface area contributed by atoms with Crippen LogP contribution in [0.15, 0.2) is 30.3 Å². The van der Waals surface area contributed by atoms with Crippen molar-refractivity contribution in [3.05, 3.63) is 35.9 Å². The van der Waals surface area contributed by atoms with E-state index in [2.05, 4.69) is 16.0 Å². The fourth-order valence-corrected chi connectivity index (χ4v) is 2.14. The zero-order valence-corrected chi connectivity index (χ0v) is 11.3. The molecule has 0 spiro atoms. The quantitative estimate of drug-likeness (QED) is 0.580. The number of aliphatic carboxylic acids is 1.